The Balaban J connectivity index is 1.84. The fourth-order valence-corrected chi connectivity index (χ4v) is 2.95. The van der Waals surface area contributed by atoms with Crippen LogP contribution in [0, 0.1) is 18.6 Å². The number of hydrogen-bond acceptors (Lipinski definition) is 7. The molecule has 0 spiro atoms. The van der Waals surface area contributed by atoms with E-state index in [-0.39, 0.29) is 11.3 Å². The Labute approximate surface area is 151 Å². The number of halogens is 2. The Bertz CT molecular complexity index is 962. The van der Waals surface area contributed by atoms with Crippen LogP contribution in [-0.4, -0.2) is 27.3 Å². The molecule has 134 valence electrons. The number of anilines is 4. The number of carbonyl (C=O) groups excluding carboxylic acids is 1. The van der Waals surface area contributed by atoms with Crippen LogP contribution in [0.3, 0.4) is 0 Å². The molecule has 2 heterocycles. The normalized spacial score (nSPS) is 10.5. The van der Waals surface area contributed by atoms with Gasteiger partial charge in [-0.3, -0.25) is 9.78 Å². The maximum absolute atomic E-state index is 13.3. The van der Waals surface area contributed by atoms with Gasteiger partial charge in [0.25, 0.3) is 5.91 Å². The quantitative estimate of drug-likeness (QED) is 0.631. The Morgan fingerprint density at radius 3 is 2.65 bits per heavy atom. The van der Waals surface area contributed by atoms with Crippen LogP contribution in [-0.2, 0) is 0 Å². The summed E-state index contributed by atoms with van der Waals surface area (Å²) in [6.07, 6.45) is 3.06. The van der Waals surface area contributed by atoms with Crippen molar-refractivity contribution >= 4 is 39.8 Å². The topological polar surface area (TPSA) is 91.8 Å². The number of aromatic nitrogens is 3. The Hall–Kier alpha value is -3.14. The highest BCUT2D eigenvalue weighted by molar-refractivity contribution is 7.10. The standard InChI is InChI=1S/C16H14F2N6OS/c1-8-14(15(25)21-9-3-4-10(17)11(18)5-9)16(26-24-8)23-13-7-20-6-12(19-2)22-13/h3-7H,1-2H3,(H,21,25)(H2,19,22,23). The number of nitrogens with one attached hydrogen (secondary N) is 3. The molecule has 0 radical (unpaired) electrons. The van der Waals surface area contributed by atoms with Gasteiger partial charge in [0.15, 0.2) is 17.5 Å². The van der Waals surface area contributed by atoms with E-state index in [1.165, 1.54) is 12.3 Å². The van der Waals surface area contributed by atoms with E-state index < -0.39 is 17.5 Å². The van der Waals surface area contributed by atoms with E-state index in [1.807, 2.05) is 0 Å². The van der Waals surface area contributed by atoms with Crippen molar-refractivity contribution in [2.75, 3.05) is 23.0 Å². The third kappa shape index (κ3) is 3.75. The molecule has 0 aliphatic rings. The molecule has 0 aliphatic carbocycles. The van der Waals surface area contributed by atoms with E-state index in [9.17, 15) is 13.6 Å². The number of nitrogens with zero attached hydrogens (tertiary/aromatic N) is 3. The number of amides is 1. The predicted octanol–water partition coefficient (Wildman–Crippen LogP) is 3.56. The van der Waals surface area contributed by atoms with E-state index in [1.54, 1.807) is 20.2 Å². The number of carbonyl (C=O) groups is 1. The summed E-state index contributed by atoms with van der Waals surface area (Å²) in [5.41, 5.74) is 0.925. The van der Waals surface area contributed by atoms with Crippen molar-refractivity contribution in [1.29, 1.82) is 0 Å². The summed E-state index contributed by atoms with van der Waals surface area (Å²) in [7, 11) is 1.71. The Kier molecular flexibility index (Phi) is 5.03. The summed E-state index contributed by atoms with van der Waals surface area (Å²) >= 11 is 1.08. The number of hydrogen-bond donors (Lipinski definition) is 3. The molecule has 3 rings (SSSR count). The van der Waals surface area contributed by atoms with Crippen molar-refractivity contribution in [2.45, 2.75) is 6.92 Å². The lowest BCUT2D eigenvalue weighted by Crippen LogP contribution is -2.14. The first-order valence-electron chi connectivity index (χ1n) is 7.47. The number of aryl methyl sites for hydroxylation is 1. The number of benzene rings is 1. The minimum absolute atomic E-state index is 0.141. The zero-order valence-electron chi connectivity index (χ0n) is 13.8. The predicted molar refractivity (Wildman–Crippen MR) is 96.0 cm³/mol. The monoisotopic (exact) mass is 376 g/mol. The van der Waals surface area contributed by atoms with Crippen molar-refractivity contribution in [2.24, 2.45) is 0 Å². The Morgan fingerprint density at radius 2 is 1.92 bits per heavy atom. The van der Waals surface area contributed by atoms with Gasteiger partial charge in [0, 0.05) is 18.8 Å². The molecule has 0 saturated carbocycles. The zero-order valence-corrected chi connectivity index (χ0v) is 14.6. The summed E-state index contributed by atoms with van der Waals surface area (Å²) < 4.78 is 30.5. The third-order valence-corrected chi connectivity index (χ3v) is 4.25. The molecule has 2 aromatic heterocycles. The molecule has 7 nitrogen and oxygen atoms in total. The highest BCUT2D eigenvalue weighted by Gasteiger charge is 2.20. The lowest BCUT2D eigenvalue weighted by atomic mass is 10.2. The van der Waals surface area contributed by atoms with Crippen LogP contribution in [0.25, 0.3) is 0 Å². The minimum atomic E-state index is -1.04. The molecule has 0 bridgehead atoms. The highest BCUT2D eigenvalue weighted by Crippen LogP contribution is 2.28. The average Bonchev–Trinajstić information content (AvgIpc) is 2.98. The highest BCUT2D eigenvalue weighted by atomic mass is 32.1. The molecule has 0 fully saturated rings. The molecular weight excluding hydrogens is 362 g/mol. The van der Waals surface area contributed by atoms with Crippen LogP contribution >= 0.6 is 11.5 Å². The first kappa shape index (κ1) is 17.7. The molecular formula is C16H14F2N6OS. The smallest absolute Gasteiger partial charge is 0.260 e. The fourth-order valence-electron chi connectivity index (χ4n) is 2.15. The maximum Gasteiger partial charge on any atom is 0.260 e. The fraction of sp³-hybridized carbons (Fsp3) is 0.125. The first-order chi connectivity index (χ1) is 12.5. The van der Waals surface area contributed by atoms with E-state index >= 15 is 0 Å². The molecule has 3 N–H and O–H groups in total. The summed E-state index contributed by atoms with van der Waals surface area (Å²) in [6.45, 7) is 1.68. The summed E-state index contributed by atoms with van der Waals surface area (Å²) in [5, 5.41) is 8.87. The van der Waals surface area contributed by atoms with E-state index in [2.05, 4.69) is 30.3 Å². The van der Waals surface area contributed by atoms with Crippen LogP contribution < -0.4 is 16.0 Å². The van der Waals surface area contributed by atoms with Gasteiger partial charge < -0.3 is 16.0 Å². The third-order valence-electron chi connectivity index (χ3n) is 3.40. The van der Waals surface area contributed by atoms with Crippen molar-refractivity contribution < 1.29 is 13.6 Å². The van der Waals surface area contributed by atoms with Gasteiger partial charge in [0.2, 0.25) is 0 Å². The molecule has 0 atom stereocenters. The lowest BCUT2D eigenvalue weighted by molar-refractivity contribution is 0.102. The van der Waals surface area contributed by atoms with E-state index in [4.69, 9.17) is 0 Å². The largest absolute Gasteiger partial charge is 0.372 e. The first-order valence-corrected chi connectivity index (χ1v) is 8.24. The molecule has 0 aliphatic heterocycles. The van der Waals surface area contributed by atoms with Crippen molar-refractivity contribution in [3.05, 3.63) is 53.5 Å². The van der Waals surface area contributed by atoms with Gasteiger partial charge in [-0.1, -0.05) is 0 Å². The summed E-state index contributed by atoms with van der Waals surface area (Å²) in [5.74, 6) is -1.53. The van der Waals surface area contributed by atoms with Gasteiger partial charge >= 0.3 is 0 Å². The minimum Gasteiger partial charge on any atom is -0.372 e. The van der Waals surface area contributed by atoms with Crippen LogP contribution in [0.4, 0.5) is 31.1 Å². The van der Waals surface area contributed by atoms with E-state index in [0.29, 0.717) is 22.3 Å². The SMILES string of the molecule is CNc1cncc(Nc2snc(C)c2C(=O)Nc2ccc(F)c(F)c2)n1. The van der Waals surface area contributed by atoms with Crippen LogP contribution in [0.1, 0.15) is 16.1 Å². The molecule has 3 aromatic rings. The molecule has 10 heteroatoms. The average molecular weight is 376 g/mol. The van der Waals surface area contributed by atoms with Gasteiger partial charge in [-0.2, -0.15) is 4.37 Å². The van der Waals surface area contributed by atoms with Crippen LogP contribution in [0.5, 0.6) is 0 Å². The van der Waals surface area contributed by atoms with Crippen LogP contribution in [0.2, 0.25) is 0 Å². The summed E-state index contributed by atoms with van der Waals surface area (Å²) in [4.78, 5) is 20.9. The second kappa shape index (κ2) is 7.40. The lowest BCUT2D eigenvalue weighted by Gasteiger charge is -2.09. The molecule has 1 amide bonds. The molecule has 0 unspecified atom stereocenters. The number of rotatable bonds is 5. The van der Waals surface area contributed by atoms with Crippen LogP contribution in [0.15, 0.2) is 30.6 Å². The van der Waals surface area contributed by atoms with Gasteiger partial charge in [0.1, 0.15) is 10.8 Å². The second-order valence-electron chi connectivity index (χ2n) is 5.22. The zero-order chi connectivity index (χ0) is 18.7. The summed E-state index contributed by atoms with van der Waals surface area (Å²) in [6, 6.07) is 3.14. The van der Waals surface area contributed by atoms with Crippen molar-refractivity contribution in [1.82, 2.24) is 14.3 Å². The van der Waals surface area contributed by atoms with Crippen molar-refractivity contribution in [3.63, 3.8) is 0 Å². The molecule has 1 aromatic carbocycles. The molecule has 26 heavy (non-hydrogen) atoms. The molecule has 0 saturated heterocycles. The van der Waals surface area contributed by atoms with Crippen molar-refractivity contribution in [3.8, 4) is 0 Å². The van der Waals surface area contributed by atoms with E-state index in [0.717, 1.165) is 23.7 Å². The van der Waals surface area contributed by atoms with Gasteiger partial charge in [-0.05, 0) is 30.6 Å². The van der Waals surface area contributed by atoms with Gasteiger partial charge in [0.05, 0.1) is 23.7 Å². The van der Waals surface area contributed by atoms with Gasteiger partial charge in [-0.25, -0.2) is 13.8 Å². The Morgan fingerprint density at radius 1 is 1.15 bits per heavy atom. The second-order valence-corrected chi connectivity index (χ2v) is 5.99. The maximum atomic E-state index is 13.3. The van der Waals surface area contributed by atoms with Gasteiger partial charge in [-0.15, -0.1) is 0 Å².